The maximum atomic E-state index is 12.5. The second kappa shape index (κ2) is 6.24. The predicted molar refractivity (Wildman–Crippen MR) is 77.7 cm³/mol. The van der Waals surface area contributed by atoms with Crippen LogP contribution in [0.3, 0.4) is 0 Å². The van der Waals surface area contributed by atoms with Crippen molar-refractivity contribution in [1.29, 1.82) is 0 Å². The third kappa shape index (κ3) is 3.21. The molecule has 1 N–H and O–H groups in total. The van der Waals surface area contributed by atoms with Gasteiger partial charge in [0, 0.05) is 13.6 Å². The SMILES string of the molecule is CN(CC1CCCCC1)S(=O)(=O)c1ccsc1C(=O)O. The van der Waals surface area contributed by atoms with E-state index in [0.717, 1.165) is 37.0 Å². The normalized spacial score (nSPS) is 17.5. The highest BCUT2D eigenvalue weighted by Crippen LogP contribution is 2.28. The molecule has 1 saturated carbocycles. The van der Waals surface area contributed by atoms with E-state index in [2.05, 4.69) is 0 Å². The number of carboxylic acid groups (broad SMARTS) is 1. The van der Waals surface area contributed by atoms with Gasteiger partial charge in [-0.2, -0.15) is 0 Å². The van der Waals surface area contributed by atoms with Crippen LogP contribution in [0.15, 0.2) is 16.3 Å². The number of carbonyl (C=O) groups is 1. The lowest BCUT2D eigenvalue weighted by molar-refractivity contribution is 0.0698. The molecule has 2 rings (SSSR count). The van der Waals surface area contributed by atoms with E-state index in [1.54, 1.807) is 0 Å². The van der Waals surface area contributed by atoms with E-state index in [1.165, 1.54) is 29.2 Å². The molecule has 1 aromatic heterocycles. The summed E-state index contributed by atoms with van der Waals surface area (Å²) in [6, 6.07) is 1.38. The minimum absolute atomic E-state index is 0.0895. The largest absolute Gasteiger partial charge is 0.477 e. The van der Waals surface area contributed by atoms with Gasteiger partial charge in [0.1, 0.15) is 9.77 Å². The van der Waals surface area contributed by atoms with Gasteiger partial charge in [-0.05, 0) is 30.2 Å². The van der Waals surface area contributed by atoms with Gasteiger partial charge in [0.05, 0.1) is 0 Å². The van der Waals surface area contributed by atoms with Crippen molar-refractivity contribution in [2.45, 2.75) is 37.0 Å². The number of hydrogen-bond acceptors (Lipinski definition) is 4. The van der Waals surface area contributed by atoms with Crippen molar-refractivity contribution in [3.63, 3.8) is 0 Å². The highest BCUT2D eigenvalue weighted by Gasteiger charge is 2.29. The van der Waals surface area contributed by atoms with E-state index >= 15 is 0 Å². The summed E-state index contributed by atoms with van der Waals surface area (Å²) in [6.45, 7) is 0.469. The van der Waals surface area contributed by atoms with Gasteiger partial charge >= 0.3 is 5.97 Å². The lowest BCUT2D eigenvalue weighted by Gasteiger charge is -2.26. The van der Waals surface area contributed by atoms with E-state index in [0.29, 0.717) is 12.5 Å². The van der Waals surface area contributed by atoms with Crippen LogP contribution < -0.4 is 0 Å². The zero-order valence-corrected chi connectivity index (χ0v) is 13.0. The molecule has 7 heteroatoms. The van der Waals surface area contributed by atoms with Gasteiger partial charge in [0.2, 0.25) is 10.0 Å². The molecule has 0 bridgehead atoms. The van der Waals surface area contributed by atoms with Crippen molar-refractivity contribution < 1.29 is 18.3 Å². The van der Waals surface area contributed by atoms with Gasteiger partial charge in [-0.3, -0.25) is 0 Å². The fourth-order valence-corrected chi connectivity index (χ4v) is 5.13. The summed E-state index contributed by atoms with van der Waals surface area (Å²) < 4.78 is 26.2. The Labute approximate surface area is 123 Å². The van der Waals surface area contributed by atoms with Crippen LogP contribution >= 0.6 is 11.3 Å². The topological polar surface area (TPSA) is 74.7 Å². The molecule has 0 atom stereocenters. The number of nitrogens with zero attached hydrogens (tertiary/aromatic N) is 1. The third-order valence-electron chi connectivity index (χ3n) is 3.75. The molecule has 20 heavy (non-hydrogen) atoms. The number of carboxylic acids is 1. The van der Waals surface area contributed by atoms with Crippen molar-refractivity contribution >= 4 is 27.3 Å². The quantitative estimate of drug-likeness (QED) is 0.906. The number of sulfonamides is 1. The molecule has 1 fully saturated rings. The average Bonchev–Trinajstić information content (AvgIpc) is 2.89. The zero-order chi connectivity index (χ0) is 14.8. The first-order valence-corrected chi connectivity index (χ1v) is 9.02. The molecule has 1 aliphatic rings. The van der Waals surface area contributed by atoms with E-state index in [4.69, 9.17) is 5.11 Å². The molecule has 1 aliphatic carbocycles. The van der Waals surface area contributed by atoms with E-state index < -0.39 is 16.0 Å². The van der Waals surface area contributed by atoms with Gasteiger partial charge in [0.15, 0.2) is 0 Å². The highest BCUT2D eigenvalue weighted by atomic mass is 32.2. The second-order valence-corrected chi connectivity index (χ2v) is 8.14. The summed E-state index contributed by atoms with van der Waals surface area (Å²) in [6.07, 6.45) is 5.62. The highest BCUT2D eigenvalue weighted by molar-refractivity contribution is 7.89. The summed E-state index contributed by atoms with van der Waals surface area (Å²) in [4.78, 5) is 10.9. The molecule has 0 spiro atoms. The molecule has 5 nitrogen and oxygen atoms in total. The molecule has 0 unspecified atom stereocenters. The summed E-state index contributed by atoms with van der Waals surface area (Å²) in [5.41, 5.74) is 0. The van der Waals surface area contributed by atoms with Gasteiger partial charge < -0.3 is 5.11 Å². The van der Waals surface area contributed by atoms with Crippen LogP contribution in [0.2, 0.25) is 0 Å². The van der Waals surface area contributed by atoms with E-state index in [1.807, 2.05) is 0 Å². The number of rotatable bonds is 5. The molecule has 0 aromatic carbocycles. The Balaban J connectivity index is 2.16. The molecule has 112 valence electrons. The van der Waals surface area contributed by atoms with Crippen molar-refractivity contribution in [3.05, 3.63) is 16.3 Å². The molecule has 1 heterocycles. The van der Waals surface area contributed by atoms with Crippen LogP contribution in [0, 0.1) is 5.92 Å². The van der Waals surface area contributed by atoms with Gasteiger partial charge in [0.25, 0.3) is 0 Å². The van der Waals surface area contributed by atoms with Crippen molar-refractivity contribution in [2.75, 3.05) is 13.6 Å². The van der Waals surface area contributed by atoms with Crippen LogP contribution in [-0.2, 0) is 10.0 Å². The minimum atomic E-state index is -3.71. The molecule has 0 amide bonds. The Kier molecular flexibility index (Phi) is 4.82. The Hall–Kier alpha value is -0.920. The first-order valence-electron chi connectivity index (χ1n) is 6.70. The number of thiophene rings is 1. The van der Waals surface area contributed by atoms with Crippen LogP contribution in [0.25, 0.3) is 0 Å². The van der Waals surface area contributed by atoms with Crippen molar-refractivity contribution in [3.8, 4) is 0 Å². The van der Waals surface area contributed by atoms with Gasteiger partial charge in [-0.15, -0.1) is 11.3 Å². The molecule has 0 aliphatic heterocycles. The van der Waals surface area contributed by atoms with Crippen LogP contribution in [0.1, 0.15) is 41.8 Å². The molecule has 1 aromatic rings. The standard InChI is InChI=1S/C13H19NO4S2/c1-14(9-10-5-3-2-4-6-10)20(17,18)11-7-8-19-12(11)13(15)16/h7-8,10H,2-6,9H2,1H3,(H,15,16). The monoisotopic (exact) mass is 317 g/mol. The van der Waals surface area contributed by atoms with Crippen LogP contribution in [-0.4, -0.2) is 37.4 Å². The lowest BCUT2D eigenvalue weighted by Crippen LogP contribution is -2.33. The summed E-state index contributed by atoms with van der Waals surface area (Å²) in [5.74, 6) is -0.805. The minimum Gasteiger partial charge on any atom is -0.477 e. The Morgan fingerprint density at radius 2 is 2.05 bits per heavy atom. The Morgan fingerprint density at radius 3 is 2.65 bits per heavy atom. The van der Waals surface area contributed by atoms with E-state index in [-0.39, 0.29) is 9.77 Å². The van der Waals surface area contributed by atoms with Crippen LogP contribution in [0.5, 0.6) is 0 Å². The molecule has 0 saturated heterocycles. The summed E-state index contributed by atoms with van der Waals surface area (Å²) >= 11 is 0.943. The predicted octanol–water partition coefficient (Wildman–Crippen LogP) is 2.65. The average molecular weight is 317 g/mol. The summed E-state index contributed by atoms with van der Waals surface area (Å²) in [7, 11) is -2.17. The molecule has 0 radical (unpaired) electrons. The molecular weight excluding hydrogens is 298 g/mol. The van der Waals surface area contributed by atoms with Crippen molar-refractivity contribution in [1.82, 2.24) is 4.31 Å². The second-order valence-electron chi connectivity index (χ2n) is 5.21. The number of aromatic carboxylic acids is 1. The Bertz CT molecular complexity index is 573. The van der Waals surface area contributed by atoms with Gasteiger partial charge in [-0.1, -0.05) is 19.3 Å². The summed E-state index contributed by atoms with van der Waals surface area (Å²) in [5, 5.41) is 10.6. The fourth-order valence-electron chi connectivity index (χ4n) is 2.66. The lowest BCUT2D eigenvalue weighted by atomic mass is 9.89. The fraction of sp³-hybridized carbons (Fsp3) is 0.615. The smallest absolute Gasteiger partial charge is 0.347 e. The maximum absolute atomic E-state index is 12.5. The molecular formula is C13H19NO4S2. The van der Waals surface area contributed by atoms with E-state index in [9.17, 15) is 13.2 Å². The van der Waals surface area contributed by atoms with Crippen molar-refractivity contribution in [2.24, 2.45) is 5.92 Å². The Morgan fingerprint density at radius 1 is 1.40 bits per heavy atom. The number of hydrogen-bond donors (Lipinski definition) is 1. The maximum Gasteiger partial charge on any atom is 0.347 e. The first kappa shape index (κ1) is 15.5. The van der Waals surface area contributed by atoms with Crippen LogP contribution in [0.4, 0.5) is 0 Å². The first-order chi connectivity index (χ1) is 9.43. The van der Waals surface area contributed by atoms with Gasteiger partial charge in [-0.25, -0.2) is 17.5 Å². The third-order valence-corrected chi connectivity index (χ3v) is 6.65. The zero-order valence-electron chi connectivity index (χ0n) is 11.4.